The third-order valence-corrected chi connectivity index (χ3v) is 8.66. The zero-order valence-corrected chi connectivity index (χ0v) is 20.3. The summed E-state index contributed by atoms with van der Waals surface area (Å²) in [6, 6.07) is 10.4. The van der Waals surface area contributed by atoms with Gasteiger partial charge in [0.05, 0.1) is 31.5 Å². The van der Waals surface area contributed by atoms with Crippen LogP contribution in [0, 0.1) is 0 Å². The first kappa shape index (κ1) is 23.6. The van der Waals surface area contributed by atoms with Crippen LogP contribution < -0.4 is 10.6 Å². The molecule has 1 aromatic heterocycles. The van der Waals surface area contributed by atoms with Crippen LogP contribution in [0.4, 0.5) is 9.93 Å². The zero-order chi connectivity index (χ0) is 23.6. The van der Waals surface area contributed by atoms with E-state index < -0.39 is 21.8 Å². The summed E-state index contributed by atoms with van der Waals surface area (Å²) >= 11 is 7.12. The lowest BCUT2D eigenvalue weighted by molar-refractivity contribution is 0.0967. The number of nitrogens with one attached hydrogen (secondary N) is 2. The maximum Gasteiger partial charge on any atom is 0.327 e. The Hall–Kier alpha value is -2.53. The van der Waals surface area contributed by atoms with E-state index in [1.807, 2.05) is 6.92 Å². The normalized spacial score (nSPS) is 16.7. The van der Waals surface area contributed by atoms with Gasteiger partial charge in [0.1, 0.15) is 0 Å². The fourth-order valence-corrected chi connectivity index (χ4v) is 6.79. The van der Waals surface area contributed by atoms with E-state index in [9.17, 15) is 18.0 Å². The van der Waals surface area contributed by atoms with Crippen molar-refractivity contribution in [2.24, 2.45) is 0 Å². The van der Waals surface area contributed by atoms with Crippen LogP contribution in [-0.4, -0.2) is 55.1 Å². The molecule has 2 aromatic carbocycles. The number of hydrogen-bond donors (Lipinski definition) is 2. The van der Waals surface area contributed by atoms with E-state index in [2.05, 4.69) is 20.5 Å². The molecule has 8 nitrogen and oxygen atoms in total. The molecule has 1 fully saturated rings. The smallest absolute Gasteiger partial charge is 0.300 e. The molecule has 0 aliphatic carbocycles. The van der Waals surface area contributed by atoms with Crippen LogP contribution >= 0.6 is 22.9 Å². The largest absolute Gasteiger partial charge is 0.327 e. The number of hydrogen-bond acceptors (Lipinski definition) is 7. The van der Waals surface area contributed by atoms with Crippen LogP contribution in [0.15, 0.2) is 47.4 Å². The molecular formula is C22H23ClN4O4S2. The van der Waals surface area contributed by atoms with Crippen molar-refractivity contribution in [3.8, 4) is 0 Å². The Labute approximate surface area is 200 Å². The molecule has 1 aliphatic rings. The van der Waals surface area contributed by atoms with Gasteiger partial charge in [-0.1, -0.05) is 42.0 Å². The first-order valence-corrected chi connectivity index (χ1v) is 13.4. The highest BCUT2D eigenvalue weighted by Gasteiger charge is 2.29. The standard InChI is InChI=1S/C22H23ClN4O4S2/c1-2-27-11-5-6-14(27)13-33(30,31)15-9-10-18-19(12-15)32-22(24-18)26-21(29)25-20(28)16-7-3-4-8-17(16)23/h3-4,7-10,12,14H,2,5-6,11,13H2,1H3,(H2,24,25,26,28,29). The van der Waals surface area contributed by atoms with Gasteiger partial charge in [-0.15, -0.1) is 0 Å². The van der Waals surface area contributed by atoms with E-state index >= 15 is 0 Å². The number of rotatable bonds is 6. The molecular weight excluding hydrogens is 484 g/mol. The number of aromatic nitrogens is 1. The zero-order valence-electron chi connectivity index (χ0n) is 17.9. The van der Waals surface area contributed by atoms with E-state index in [1.165, 1.54) is 6.07 Å². The molecule has 0 radical (unpaired) electrons. The van der Waals surface area contributed by atoms with Gasteiger partial charge in [0.25, 0.3) is 5.91 Å². The molecule has 2 heterocycles. The molecule has 4 rings (SSSR count). The molecule has 3 amide bonds. The molecule has 11 heteroatoms. The number of benzene rings is 2. The summed E-state index contributed by atoms with van der Waals surface area (Å²) in [4.78, 5) is 31.2. The van der Waals surface area contributed by atoms with Crippen molar-refractivity contribution in [1.29, 1.82) is 0 Å². The van der Waals surface area contributed by atoms with Gasteiger partial charge in [0.15, 0.2) is 15.0 Å². The molecule has 33 heavy (non-hydrogen) atoms. The lowest BCUT2D eigenvalue weighted by atomic mass is 10.2. The van der Waals surface area contributed by atoms with Gasteiger partial charge in [0, 0.05) is 6.04 Å². The molecule has 0 saturated carbocycles. The molecule has 1 atom stereocenters. The number of carbonyl (C=O) groups excluding carboxylic acids is 2. The van der Waals surface area contributed by atoms with Crippen LogP contribution in [0.25, 0.3) is 10.2 Å². The molecule has 2 N–H and O–H groups in total. The van der Waals surface area contributed by atoms with Gasteiger partial charge in [-0.25, -0.2) is 18.2 Å². The van der Waals surface area contributed by atoms with Crippen molar-refractivity contribution < 1.29 is 18.0 Å². The summed E-state index contributed by atoms with van der Waals surface area (Å²) in [6.07, 6.45) is 1.89. The Bertz CT molecular complexity index is 1310. The second-order valence-corrected chi connectivity index (χ2v) is 11.2. The summed E-state index contributed by atoms with van der Waals surface area (Å²) in [7, 11) is -3.46. The maximum absolute atomic E-state index is 13.0. The van der Waals surface area contributed by atoms with E-state index in [0.717, 1.165) is 37.3 Å². The second-order valence-electron chi connectivity index (χ2n) is 7.74. The average molecular weight is 507 g/mol. The molecule has 3 aromatic rings. The van der Waals surface area contributed by atoms with Gasteiger partial charge in [0.2, 0.25) is 0 Å². The number of halogens is 1. The summed E-state index contributed by atoms with van der Waals surface area (Å²) in [5.74, 6) is -0.552. The first-order valence-electron chi connectivity index (χ1n) is 10.5. The Morgan fingerprint density at radius 3 is 2.79 bits per heavy atom. The van der Waals surface area contributed by atoms with Crippen molar-refractivity contribution in [3.63, 3.8) is 0 Å². The Morgan fingerprint density at radius 1 is 1.24 bits per heavy atom. The number of nitrogens with zero attached hydrogens (tertiary/aromatic N) is 2. The van der Waals surface area contributed by atoms with Crippen LogP contribution in [-0.2, 0) is 9.84 Å². The van der Waals surface area contributed by atoms with E-state index in [0.29, 0.717) is 10.2 Å². The molecule has 0 bridgehead atoms. The van der Waals surface area contributed by atoms with Gasteiger partial charge >= 0.3 is 6.03 Å². The SMILES string of the molecule is CCN1CCCC1CS(=O)(=O)c1ccc2nc(NC(=O)NC(=O)c3ccccc3Cl)sc2c1. The summed E-state index contributed by atoms with van der Waals surface area (Å²) in [6.45, 7) is 3.81. The molecule has 0 spiro atoms. The Kier molecular flexibility index (Phi) is 6.99. The first-order chi connectivity index (χ1) is 15.8. The van der Waals surface area contributed by atoms with Crippen molar-refractivity contribution in [2.75, 3.05) is 24.2 Å². The topological polar surface area (TPSA) is 108 Å². The van der Waals surface area contributed by atoms with Crippen molar-refractivity contribution in [3.05, 3.63) is 53.1 Å². The van der Waals surface area contributed by atoms with Crippen LogP contribution in [0.2, 0.25) is 5.02 Å². The van der Waals surface area contributed by atoms with E-state index in [-0.39, 0.29) is 32.4 Å². The minimum absolute atomic E-state index is 0.0359. The predicted octanol–water partition coefficient (Wildman–Crippen LogP) is 4.17. The Balaban J connectivity index is 1.46. The van der Waals surface area contributed by atoms with E-state index in [1.54, 1.807) is 36.4 Å². The van der Waals surface area contributed by atoms with Crippen LogP contribution in [0.3, 0.4) is 0 Å². The fraction of sp³-hybridized carbons (Fsp3) is 0.318. The molecule has 174 valence electrons. The Morgan fingerprint density at radius 2 is 2.03 bits per heavy atom. The van der Waals surface area contributed by atoms with Gasteiger partial charge in [-0.2, -0.15) is 0 Å². The van der Waals surface area contributed by atoms with Gasteiger partial charge < -0.3 is 0 Å². The monoisotopic (exact) mass is 506 g/mol. The highest BCUT2D eigenvalue weighted by Crippen LogP contribution is 2.29. The van der Waals surface area contributed by atoms with E-state index in [4.69, 9.17) is 11.6 Å². The number of thiazole rings is 1. The highest BCUT2D eigenvalue weighted by molar-refractivity contribution is 7.91. The van der Waals surface area contributed by atoms with Crippen molar-refractivity contribution in [1.82, 2.24) is 15.2 Å². The molecule has 1 unspecified atom stereocenters. The lowest BCUT2D eigenvalue weighted by Gasteiger charge is -2.22. The number of urea groups is 1. The summed E-state index contributed by atoms with van der Waals surface area (Å²) in [5.41, 5.74) is 0.736. The summed E-state index contributed by atoms with van der Waals surface area (Å²) < 4.78 is 26.6. The maximum atomic E-state index is 13.0. The number of fused-ring (bicyclic) bond motifs is 1. The van der Waals surface area contributed by atoms with Crippen molar-refractivity contribution >= 4 is 60.1 Å². The number of amides is 3. The average Bonchev–Trinajstić information content (AvgIpc) is 3.38. The minimum Gasteiger partial charge on any atom is -0.300 e. The van der Waals surface area contributed by atoms with Gasteiger partial charge in [-0.05, 0) is 56.3 Å². The van der Waals surface area contributed by atoms with Gasteiger partial charge in [-0.3, -0.25) is 20.3 Å². The number of sulfone groups is 1. The third-order valence-electron chi connectivity index (χ3n) is 5.60. The molecule has 1 aliphatic heterocycles. The number of carbonyl (C=O) groups is 2. The number of likely N-dealkylation sites (tertiary alicyclic amines) is 1. The molecule has 1 saturated heterocycles. The second kappa shape index (κ2) is 9.76. The minimum atomic E-state index is -3.46. The van der Waals surface area contributed by atoms with Crippen LogP contribution in [0.5, 0.6) is 0 Å². The van der Waals surface area contributed by atoms with Crippen LogP contribution in [0.1, 0.15) is 30.1 Å². The lowest BCUT2D eigenvalue weighted by Crippen LogP contribution is -2.34. The predicted molar refractivity (Wildman–Crippen MR) is 130 cm³/mol. The number of imide groups is 1. The number of anilines is 1. The highest BCUT2D eigenvalue weighted by atomic mass is 35.5. The quantitative estimate of drug-likeness (QED) is 0.519. The van der Waals surface area contributed by atoms with Crippen molar-refractivity contribution in [2.45, 2.75) is 30.7 Å². The third kappa shape index (κ3) is 5.35. The summed E-state index contributed by atoms with van der Waals surface area (Å²) in [5, 5.41) is 5.21. The fourth-order valence-electron chi connectivity index (χ4n) is 3.95.